The van der Waals surface area contributed by atoms with Gasteiger partial charge in [0.1, 0.15) is 11.8 Å². The second-order valence-electron chi connectivity index (χ2n) is 4.31. The normalized spacial score (nSPS) is 10.1. The average Bonchev–Trinajstić information content (AvgIpc) is 2.49. The second kappa shape index (κ2) is 6.07. The van der Waals surface area contributed by atoms with Crippen molar-refractivity contribution in [2.24, 2.45) is 0 Å². The van der Waals surface area contributed by atoms with Gasteiger partial charge in [-0.15, -0.1) is 0 Å². The first-order valence-electron chi connectivity index (χ1n) is 6.59. The lowest BCUT2D eigenvalue weighted by atomic mass is 10.1. The lowest BCUT2D eigenvalue weighted by molar-refractivity contribution is 0.523. The zero-order valence-electron chi connectivity index (χ0n) is 11.6. The molecule has 2 aromatic rings. The third-order valence-electron chi connectivity index (χ3n) is 3.20. The summed E-state index contributed by atoms with van der Waals surface area (Å²) in [6, 6.07) is 13.1. The van der Waals surface area contributed by atoms with Crippen LogP contribution in [0.4, 0.5) is 5.69 Å². The average molecular weight is 268 g/mol. The minimum absolute atomic E-state index is 0.0633. The number of anilines is 1. The van der Waals surface area contributed by atoms with E-state index < -0.39 is 5.63 Å². The third-order valence-corrected chi connectivity index (χ3v) is 3.20. The Bertz CT molecular complexity index is 680. The van der Waals surface area contributed by atoms with E-state index in [2.05, 4.69) is 0 Å². The van der Waals surface area contributed by atoms with Gasteiger partial charge in [-0.05, 0) is 13.8 Å². The molecule has 20 heavy (non-hydrogen) atoms. The maximum Gasteiger partial charge on any atom is 0.356 e. The largest absolute Gasteiger partial charge is 0.422 e. The first-order chi connectivity index (χ1) is 9.71. The van der Waals surface area contributed by atoms with Crippen molar-refractivity contribution in [3.63, 3.8) is 0 Å². The highest BCUT2D eigenvalue weighted by atomic mass is 16.4. The van der Waals surface area contributed by atoms with Crippen molar-refractivity contribution in [3.8, 4) is 17.4 Å². The summed E-state index contributed by atoms with van der Waals surface area (Å²) in [4.78, 5) is 14.0. The molecule has 4 nitrogen and oxygen atoms in total. The number of nitrogens with zero attached hydrogens (tertiary/aromatic N) is 2. The Labute approximate surface area is 117 Å². The molecule has 0 saturated carbocycles. The van der Waals surface area contributed by atoms with Crippen LogP contribution in [-0.2, 0) is 0 Å². The molecule has 0 radical (unpaired) electrons. The maximum atomic E-state index is 12.0. The van der Waals surface area contributed by atoms with Crippen LogP contribution in [-0.4, -0.2) is 13.1 Å². The van der Waals surface area contributed by atoms with Crippen LogP contribution < -0.4 is 10.5 Å². The SMILES string of the molecule is CCN(CC)c1cc(-c2ccccc2)oc(=O)c1C#N. The Morgan fingerprint density at radius 2 is 1.85 bits per heavy atom. The molecule has 0 aliphatic heterocycles. The van der Waals surface area contributed by atoms with Crippen molar-refractivity contribution < 1.29 is 4.42 Å². The van der Waals surface area contributed by atoms with E-state index in [9.17, 15) is 4.79 Å². The molecule has 102 valence electrons. The summed E-state index contributed by atoms with van der Waals surface area (Å²) in [5.41, 5.74) is 0.930. The monoisotopic (exact) mass is 268 g/mol. The summed E-state index contributed by atoms with van der Waals surface area (Å²) < 4.78 is 5.26. The summed E-state index contributed by atoms with van der Waals surface area (Å²) in [5.74, 6) is 0.483. The van der Waals surface area contributed by atoms with Crippen LogP contribution in [0.25, 0.3) is 11.3 Å². The lowest BCUT2D eigenvalue weighted by Gasteiger charge is -2.21. The minimum atomic E-state index is -0.587. The predicted molar refractivity (Wildman–Crippen MR) is 78.7 cm³/mol. The smallest absolute Gasteiger partial charge is 0.356 e. The van der Waals surface area contributed by atoms with E-state index in [0.717, 1.165) is 18.7 Å². The highest BCUT2D eigenvalue weighted by Gasteiger charge is 2.16. The van der Waals surface area contributed by atoms with E-state index in [0.29, 0.717) is 11.4 Å². The zero-order valence-corrected chi connectivity index (χ0v) is 11.6. The first-order valence-corrected chi connectivity index (χ1v) is 6.59. The van der Waals surface area contributed by atoms with E-state index in [4.69, 9.17) is 9.68 Å². The van der Waals surface area contributed by atoms with Crippen LogP contribution >= 0.6 is 0 Å². The number of hydrogen-bond donors (Lipinski definition) is 0. The van der Waals surface area contributed by atoms with Crippen molar-refractivity contribution in [2.45, 2.75) is 13.8 Å². The Morgan fingerprint density at radius 3 is 2.40 bits per heavy atom. The van der Waals surface area contributed by atoms with Gasteiger partial charge in [0.05, 0.1) is 5.69 Å². The molecule has 0 N–H and O–H groups in total. The summed E-state index contributed by atoms with van der Waals surface area (Å²) in [6.07, 6.45) is 0. The molecule has 0 atom stereocenters. The van der Waals surface area contributed by atoms with Crippen molar-refractivity contribution in [2.75, 3.05) is 18.0 Å². The highest BCUT2D eigenvalue weighted by molar-refractivity contribution is 5.67. The number of benzene rings is 1. The molecule has 1 heterocycles. The van der Waals surface area contributed by atoms with Crippen LogP contribution in [0.1, 0.15) is 19.4 Å². The van der Waals surface area contributed by atoms with E-state index >= 15 is 0 Å². The fourth-order valence-corrected chi connectivity index (χ4v) is 2.14. The number of nitriles is 1. The molecule has 0 saturated heterocycles. The van der Waals surface area contributed by atoms with Gasteiger partial charge in [0.15, 0.2) is 5.56 Å². The highest BCUT2D eigenvalue weighted by Crippen LogP contribution is 2.25. The fourth-order valence-electron chi connectivity index (χ4n) is 2.14. The summed E-state index contributed by atoms with van der Waals surface area (Å²) in [6.45, 7) is 5.43. The molecular weight excluding hydrogens is 252 g/mol. The van der Waals surface area contributed by atoms with E-state index in [1.807, 2.05) is 55.1 Å². The van der Waals surface area contributed by atoms with E-state index in [1.54, 1.807) is 6.07 Å². The van der Waals surface area contributed by atoms with Crippen molar-refractivity contribution in [1.82, 2.24) is 0 Å². The van der Waals surface area contributed by atoms with Crippen LogP contribution in [0.15, 0.2) is 45.6 Å². The van der Waals surface area contributed by atoms with Crippen molar-refractivity contribution >= 4 is 5.69 Å². The number of rotatable bonds is 4. The van der Waals surface area contributed by atoms with Gasteiger partial charge in [-0.25, -0.2) is 4.79 Å². The summed E-state index contributed by atoms with van der Waals surface area (Å²) in [5, 5.41) is 9.16. The first kappa shape index (κ1) is 13.9. The van der Waals surface area contributed by atoms with Gasteiger partial charge in [-0.3, -0.25) is 0 Å². The molecule has 0 aliphatic rings. The number of hydrogen-bond acceptors (Lipinski definition) is 4. The van der Waals surface area contributed by atoms with Gasteiger partial charge in [-0.2, -0.15) is 5.26 Å². The topological polar surface area (TPSA) is 57.2 Å². The van der Waals surface area contributed by atoms with E-state index in [-0.39, 0.29) is 5.56 Å². The van der Waals surface area contributed by atoms with Crippen molar-refractivity contribution in [3.05, 3.63) is 52.4 Å². The van der Waals surface area contributed by atoms with Crippen LogP contribution in [0.5, 0.6) is 0 Å². The Morgan fingerprint density at radius 1 is 1.20 bits per heavy atom. The molecule has 0 amide bonds. The molecule has 1 aromatic carbocycles. The molecule has 0 spiro atoms. The van der Waals surface area contributed by atoms with Gasteiger partial charge >= 0.3 is 5.63 Å². The Balaban J connectivity index is 2.64. The summed E-state index contributed by atoms with van der Waals surface area (Å²) in [7, 11) is 0. The van der Waals surface area contributed by atoms with Gasteiger partial charge in [0.2, 0.25) is 0 Å². The van der Waals surface area contributed by atoms with Crippen LogP contribution in [0, 0.1) is 11.3 Å². The van der Waals surface area contributed by atoms with Crippen molar-refractivity contribution in [1.29, 1.82) is 5.26 Å². The predicted octanol–water partition coefficient (Wildman–Crippen LogP) is 3.02. The molecule has 0 fully saturated rings. The van der Waals surface area contributed by atoms with Gasteiger partial charge in [0, 0.05) is 24.7 Å². The zero-order chi connectivity index (χ0) is 14.5. The van der Waals surface area contributed by atoms with Crippen LogP contribution in [0.3, 0.4) is 0 Å². The second-order valence-corrected chi connectivity index (χ2v) is 4.31. The van der Waals surface area contributed by atoms with E-state index in [1.165, 1.54) is 0 Å². The molecule has 0 unspecified atom stereocenters. The molecule has 0 bridgehead atoms. The fraction of sp³-hybridized carbons (Fsp3) is 0.250. The van der Waals surface area contributed by atoms with Gasteiger partial charge < -0.3 is 9.32 Å². The molecule has 1 aromatic heterocycles. The summed E-state index contributed by atoms with van der Waals surface area (Å²) >= 11 is 0. The molecule has 0 aliphatic carbocycles. The Kier molecular flexibility index (Phi) is 4.21. The van der Waals surface area contributed by atoms with Crippen LogP contribution in [0.2, 0.25) is 0 Å². The lowest BCUT2D eigenvalue weighted by Crippen LogP contribution is -2.25. The molecule has 2 rings (SSSR count). The quantitative estimate of drug-likeness (QED) is 0.855. The Hall–Kier alpha value is -2.54. The minimum Gasteiger partial charge on any atom is -0.422 e. The molecular formula is C16H16N2O2. The molecule has 4 heteroatoms. The van der Waals surface area contributed by atoms with Gasteiger partial charge in [-0.1, -0.05) is 30.3 Å². The maximum absolute atomic E-state index is 12.0. The third kappa shape index (κ3) is 2.57. The standard InChI is InChI=1S/C16H16N2O2/c1-3-18(4-2)14-10-15(12-8-6-5-7-9-12)20-16(19)13(14)11-17/h5-10H,3-4H2,1-2H3. The van der Waals surface area contributed by atoms with Gasteiger partial charge in [0.25, 0.3) is 0 Å².